The molecule has 0 saturated carbocycles. The second kappa shape index (κ2) is 7.14. The van der Waals surface area contributed by atoms with Crippen molar-refractivity contribution in [1.29, 1.82) is 0 Å². The Labute approximate surface area is 201 Å². The van der Waals surface area contributed by atoms with Crippen molar-refractivity contribution in [3.63, 3.8) is 0 Å². The molecular weight excluding hydrogens is 410 g/mol. The first-order valence-corrected chi connectivity index (χ1v) is 12.3. The topological polar surface area (TPSA) is 12.4 Å². The maximum Gasteiger partial charge on any atom is 0.0424 e. The lowest BCUT2D eigenvalue weighted by molar-refractivity contribution is 0.660. The largest absolute Gasteiger partial charge is 0.292 e. The van der Waals surface area contributed by atoms with Gasteiger partial charge in [0, 0.05) is 18.2 Å². The minimum absolute atomic E-state index is 0.00636. The molecule has 0 unspecified atom stereocenters. The van der Waals surface area contributed by atoms with Gasteiger partial charge in [0.25, 0.3) is 0 Å². The van der Waals surface area contributed by atoms with Crippen molar-refractivity contribution in [2.45, 2.75) is 32.1 Å². The number of hydrogen-bond acceptors (Lipinski definition) is 1. The molecule has 1 heterocycles. The van der Waals surface area contributed by atoms with Crippen LogP contribution < -0.4 is 0 Å². The van der Waals surface area contributed by atoms with Crippen LogP contribution in [0.15, 0.2) is 89.9 Å². The molecule has 0 saturated heterocycles. The van der Waals surface area contributed by atoms with Gasteiger partial charge in [-0.15, -0.1) is 0 Å². The molecule has 1 heteroatoms. The number of fused-ring (bicyclic) bond motifs is 6. The first kappa shape index (κ1) is 19.7. The highest BCUT2D eigenvalue weighted by molar-refractivity contribution is 6.10. The Bertz CT molecular complexity index is 1530. The fraction of sp³-hybridized carbons (Fsp3) is 0.182. The number of dihydropyridines is 1. The standard InChI is InChI=1S/C33H27N/c1-33(2)31-14-13-23(21-9-11-22(12-10-21)25-7-5-15-34-20-25)17-29(31)30-18-26-16-24-6-3-4-8-27(24)28(26)19-32(30)33/h3-4,6-14,17-20H,5,15-16H2,1-2H3. The fourth-order valence-electron chi connectivity index (χ4n) is 6.12. The van der Waals surface area contributed by atoms with E-state index in [1.54, 1.807) is 0 Å². The average molecular weight is 438 g/mol. The summed E-state index contributed by atoms with van der Waals surface area (Å²) in [5.74, 6) is 0. The van der Waals surface area contributed by atoms with E-state index < -0.39 is 0 Å². The van der Waals surface area contributed by atoms with Crippen LogP contribution in [0.4, 0.5) is 0 Å². The van der Waals surface area contributed by atoms with Crippen molar-refractivity contribution in [2.24, 2.45) is 4.99 Å². The van der Waals surface area contributed by atoms with Crippen molar-refractivity contribution < 1.29 is 0 Å². The van der Waals surface area contributed by atoms with Crippen molar-refractivity contribution in [2.75, 3.05) is 6.54 Å². The number of hydrogen-bond donors (Lipinski definition) is 0. The summed E-state index contributed by atoms with van der Waals surface area (Å²) in [7, 11) is 0. The summed E-state index contributed by atoms with van der Waals surface area (Å²) >= 11 is 0. The zero-order valence-electron chi connectivity index (χ0n) is 19.7. The normalized spacial score (nSPS) is 16.5. The molecule has 164 valence electrons. The van der Waals surface area contributed by atoms with Gasteiger partial charge in [0.05, 0.1) is 0 Å². The number of allylic oxidation sites excluding steroid dienone is 1. The van der Waals surface area contributed by atoms with Gasteiger partial charge in [-0.3, -0.25) is 4.99 Å². The van der Waals surface area contributed by atoms with Gasteiger partial charge in [0.1, 0.15) is 0 Å². The monoisotopic (exact) mass is 437 g/mol. The third-order valence-corrected chi connectivity index (χ3v) is 7.99. The minimum atomic E-state index is 0.00636. The Morgan fingerprint density at radius 2 is 1.41 bits per heavy atom. The third kappa shape index (κ3) is 2.83. The summed E-state index contributed by atoms with van der Waals surface area (Å²) in [6.45, 7) is 5.65. The van der Waals surface area contributed by atoms with Gasteiger partial charge in [-0.25, -0.2) is 0 Å². The summed E-state index contributed by atoms with van der Waals surface area (Å²) < 4.78 is 0. The van der Waals surface area contributed by atoms with Crippen LogP contribution in [0.3, 0.4) is 0 Å². The number of benzene rings is 4. The van der Waals surface area contributed by atoms with Crippen LogP contribution in [0.5, 0.6) is 0 Å². The smallest absolute Gasteiger partial charge is 0.0424 e. The van der Waals surface area contributed by atoms with E-state index in [1.807, 2.05) is 6.21 Å². The van der Waals surface area contributed by atoms with Crippen LogP contribution in [-0.4, -0.2) is 12.8 Å². The maximum atomic E-state index is 4.43. The molecule has 3 aliphatic rings. The maximum absolute atomic E-state index is 4.43. The molecule has 0 radical (unpaired) electrons. The van der Waals surface area contributed by atoms with Crippen molar-refractivity contribution in [1.82, 2.24) is 0 Å². The molecule has 1 aliphatic heterocycles. The van der Waals surface area contributed by atoms with Crippen LogP contribution in [0.2, 0.25) is 0 Å². The molecule has 0 atom stereocenters. The first-order valence-electron chi connectivity index (χ1n) is 12.3. The SMILES string of the molecule is CC1(C)c2ccc(-c3ccc(C4=CCCN=C4)cc3)cc2-c2cc3c(cc21)-c1ccccc1C3. The Kier molecular flexibility index (Phi) is 4.14. The molecule has 2 aliphatic carbocycles. The van der Waals surface area contributed by atoms with Gasteiger partial charge < -0.3 is 0 Å². The van der Waals surface area contributed by atoms with Gasteiger partial charge in [0.2, 0.25) is 0 Å². The Morgan fingerprint density at radius 1 is 0.647 bits per heavy atom. The highest BCUT2D eigenvalue weighted by Gasteiger charge is 2.37. The second-order valence-corrected chi connectivity index (χ2v) is 10.3. The molecule has 0 bridgehead atoms. The summed E-state index contributed by atoms with van der Waals surface area (Å²) in [5.41, 5.74) is 16.5. The number of nitrogens with zero attached hydrogens (tertiary/aromatic N) is 1. The molecule has 0 aromatic heterocycles. The molecular formula is C33H27N. The fourth-order valence-corrected chi connectivity index (χ4v) is 6.12. The van der Waals surface area contributed by atoms with Gasteiger partial charge in [-0.05, 0) is 97.8 Å². The quantitative estimate of drug-likeness (QED) is 0.265. The highest BCUT2D eigenvalue weighted by atomic mass is 14.7. The first-order chi connectivity index (χ1) is 16.6. The number of aliphatic imine (C=N–C) groups is 1. The molecule has 0 N–H and O–H groups in total. The molecule has 0 fully saturated rings. The molecule has 0 spiro atoms. The van der Waals surface area contributed by atoms with E-state index in [0.29, 0.717) is 0 Å². The Balaban J connectivity index is 1.31. The van der Waals surface area contributed by atoms with Crippen LogP contribution in [0, 0.1) is 0 Å². The van der Waals surface area contributed by atoms with E-state index >= 15 is 0 Å². The predicted molar refractivity (Wildman–Crippen MR) is 144 cm³/mol. The van der Waals surface area contributed by atoms with E-state index in [4.69, 9.17) is 0 Å². The van der Waals surface area contributed by atoms with E-state index in [1.165, 1.54) is 66.8 Å². The zero-order valence-corrected chi connectivity index (χ0v) is 19.7. The van der Waals surface area contributed by atoms with E-state index in [0.717, 1.165) is 19.4 Å². The van der Waals surface area contributed by atoms with E-state index in [9.17, 15) is 0 Å². The summed E-state index contributed by atoms with van der Waals surface area (Å²) in [6, 6.07) is 29.8. The summed E-state index contributed by atoms with van der Waals surface area (Å²) in [4.78, 5) is 4.43. The highest BCUT2D eigenvalue weighted by Crippen LogP contribution is 2.52. The van der Waals surface area contributed by atoms with E-state index in [-0.39, 0.29) is 5.41 Å². The number of rotatable bonds is 2. The van der Waals surface area contributed by atoms with Crippen LogP contribution in [0.1, 0.15) is 48.1 Å². The third-order valence-electron chi connectivity index (χ3n) is 7.99. The second-order valence-electron chi connectivity index (χ2n) is 10.3. The van der Waals surface area contributed by atoms with Gasteiger partial charge in [-0.1, -0.05) is 80.6 Å². The average Bonchev–Trinajstić information content (AvgIpc) is 3.35. The lowest BCUT2D eigenvalue weighted by atomic mass is 9.81. The van der Waals surface area contributed by atoms with Gasteiger partial charge in [-0.2, -0.15) is 0 Å². The molecule has 4 aromatic carbocycles. The van der Waals surface area contributed by atoms with Crippen LogP contribution >= 0.6 is 0 Å². The van der Waals surface area contributed by atoms with Crippen molar-refractivity contribution >= 4 is 11.8 Å². The zero-order chi connectivity index (χ0) is 22.9. The summed E-state index contributed by atoms with van der Waals surface area (Å²) in [6.07, 6.45) is 6.36. The summed E-state index contributed by atoms with van der Waals surface area (Å²) in [5, 5.41) is 0. The lowest BCUT2D eigenvalue weighted by Gasteiger charge is -2.22. The Morgan fingerprint density at radius 3 is 2.24 bits per heavy atom. The van der Waals surface area contributed by atoms with E-state index in [2.05, 4.69) is 104 Å². The Hall–Kier alpha value is -3.71. The molecule has 7 rings (SSSR count). The van der Waals surface area contributed by atoms with Gasteiger partial charge >= 0.3 is 0 Å². The van der Waals surface area contributed by atoms with Crippen molar-refractivity contribution in [3.8, 4) is 33.4 Å². The van der Waals surface area contributed by atoms with Gasteiger partial charge in [0.15, 0.2) is 0 Å². The van der Waals surface area contributed by atoms with Crippen LogP contribution in [-0.2, 0) is 11.8 Å². The molecule has 1 nitrogen and oxygen atoms in total. The molecule has 4 aromatic rings. The van der Waals surface area contributed by atoms with Crippen molar-refractivity contribution in [3.05, 3.63) is 113 Å². The minimum Gasteiger partial charge on any atom is -0.292 e. The lowest BCUT2D eigenvalue weighted by Crippen LogP contribution is -2.15. The predicted octanol–water partition coefficient (Wildman–Crippen LogP) is 8.09. The van der Waals surface area contributed by atoms with Crippen LogP contribution in [0.25, 0.3) is 39.0 Å². The molecule has 0 amide bonds. The molecule has 34 heavy (non-hydrogen) atoms.